The minimum atomic E-state index is -0.338. The molecule has 0 fully saturated rings. The monoisotopic (exact) mass is 368 g/mol. The van der Waals surface area contributed by atoms with Crippen LogP contribution in [0.5, 0.6) is 0 Å². The maximum absolute atomic E-state index is 13.1. The van der Waals surface area contributed by atoms with Crippen LogP contribution in [0.2, 0.25) is 0 Å². The molecule has 0 saturated carbocycles. The molecule has 3 aromatic rings. The smallest absolute Gasteiger partial charge is 0.277 e. The average molecular weight is 369 g/mol. The number of halogens is 2. The molecule has 8 heteroatoms. The second-order valence-electron chi connectivity index (χ2n) is 4.41. The molecule has 0 aliphatic rings. The zero-order chi connectivity index (χ0) is 15.0. The molecular formula is C13H10BrFN4OS. The van der Waals surface area contributed by atoms with Gasteiger partial charge in [0.15, 0.2) is 0 Å². The second kappa shape index (κ2) is 5.63. The summed E-state index contributed by atoms with van der Waals surface area (Å²) in [5.74, 6) is 0.340. The van der Waals surface area contributed by atoms with Gasteiger partial charge in [-0.1, -0.05) is 5.16 Å². The first kappa shape index (κ1) is 14.3. The second-order valence-corrected chi connectivity index (χ2v) is 6.15. The topological polar surface area (TPSA) is 77.8 Å². The van der Waals surface area contributed by atoms with E-state index in [2.05, 4.69) is 31.1 Å². The highest BCUT2D eigenvalue weighted by molar-refractivity contribution is 9.10. The molecule has 108 valence electrons. The Kier molecular flexibility index (Phi) is 3.83. The molecular weight excluding hydrogens is 359 g/mol. The molecule has 1 aromatic carbocycles. The average Bonchev–Trinajstić information content (AvgIpc) is 3.07. The summed E-state index contributed by atoms with van der Waals surface area (Å²) in [6.45, 7) is 1.86. The van der Waals surface area contributed by atoms with Crippen LogP contribution in [0, 0.1) is 5.82 Å². The van der Waals surface area contributed by atoms with Crippen molar-refractivity contribution in [2.45, 2.75) is 13.0 Å². The van der Waals surface area contributed by atoms with Crippen LogP contribution in [0.4, 0.5) is 4.39 Å². The van der Waals surface area contributed by atoms with E-state index >= 15 is 0 Å². The third kappa shape index (κ3) is 2.87. The molecule has 0 aliphatic heterocycles. The van der Waals surface area contributed by atoms with Gasteiger partial charge in [0.05, 0.1) is 6.04 Å². The summed E-state index contributed by atoms with van der Waals surface area (Å²) in [6, 6.07) is 4.13. The quantitative estimate of drug-likeness (QED) is 0.760. The molecule has 2 N–H and O–H groups in total. The summed E-state index contributed by atoms with van der Waals surface area (Å²) in [5, 5.41) is 6.52. The molecule has 21 heavy (non-hydrogen) atoms. The van der Waals surface area contributed by atoms with Crippen molar-refractivity contribution in [1.29, 1.82) is 0 Å². The van der Waals surface area contributed by atoms with Crippen LogP contribution in [0.1, 0.15) is 18.0 Å². The third-order valence-electron chi connectivity index (χ3n) is 2.73. The Morgan fingerprint density at radius 1 is 1.38 bits per heavy atom. The zero-order valence-electron chi connectivity index (χ0n) is 10.9. The molecule has 0 saturated heterocycles. The number of nitrogens with zero attached hydrogens (tertiary/aromatic N) is 3. The maximum atomic E-state index is 13.1. The number of hydrogen-bond donors (Lipinski definition) is 1. The van der Waals surface area contributed by atoms with Crippen molar-refractivity contribution in [1.82, 2.24) is 15.1 Å². The van der Waals surface area contributed by atoms with Gasteiger partial charge in [-0.05, 0) is 41.1 Å². The molecule has 0 bridgehead atoms. The van der Waals surface area contributed by atoms with Gasteiger partial charge in [0.25, 0.3) is 5.89 Å². The first-order chi connectivity index (χ1) is 10.0. The lowest BCUT2D eigenvalue weighted by atomic mass is 10.2. The fourth-order valence-electron chi connectivity index (χ4n) is 1.70. The molecule has 0 spiro atoms. The minimum Gasteiger partial charge on any atom is -0.332 e. The van der Waals surface area contributed by atoms with Crippen LogP contribution >= 0.6 is 27.3 Å². The summed E-state index contributed by atoms with van der Waals surface area (Å²) in [7, 11) is 0. The van der Waals surface area contributed by atoms with Crippen molar-refractivity contribution in [2.75, 3.05) is 0 Å². The van der Waals surface area contributed by atoms with Crippen molar-refractivity contribution in [3.8, 4) is 23.0 Å². The molecule has 0 amide bonds. The van der Waals surface area contributed by atoms with Gasteiger partial charge < -0.3 is 10.3 Å². The van der Waals surface area contributed by atoms with Gasteiger partial charge in [0.2, 0.25) is 5.82 Å². The number of aromatic nitrogens is 3. The molecule has 3 rings (SSSR count). The predicted molar refractivity (Wildman–Crippen MR) is 81.1 cm³/mol. The number of benzene rings is 1. The van der Waals surface area contributed by atoms with Crippen LogP contribution in [0.25, 0.3) is 23.0 Å². The van der Waals surface area contributed by atoms with E-state index in [1.165, 1.54) is 23.5 Å². The van der Waals surface area contributed by atoms with Gasteiger partial charge in [0, 0.05) is 15.4 Å². The van der Waals surface area contributed by atoms with E-state index in [1.54, 1.807) is 6.07 Å². The molecule has 5 nitrogen and oxygen atoms in total. The highest BCUT2D eigenvalue weighted by atomic mass is 79.9. The van der Waals surface area contributed by atoms with Gasteiger partial charge >= 0.3 is 0 Å². The SMILES string of the molecule is CC(N)c1nc(-c2nc(-c3ccc(F)cc3Br)no2)cs1. The normalized spacial score (nSPS) is 12.6. The minimum absolute atomic E-state index is 0.141. The third-order valence-corrected chi connectivity index (χ3v) is 4.43. The highest BCUT2D eigenvalue weighted by Crippen LogP contribution is 2.29. The largest absolute Gasteiger partial charge is 0.332 e. The lowest BCUT2D eigenvalue weighted by molar-refractivity contribution is 0.431. The Morgan fingerprint density at radius 2 is 2.19 bits per heavy atom. The van der Waals surface area contributed by atoms with Gasteiger partial charge in [0.1, 0.15) is 16.5 Å². The Labute approximate surface area is 132 Å². The molecule has 0 radical (unpaired) electrons. The number of rotatable bonds is 3. The zero-order valence-corrected chi connectivity index (χ0v) is 13.3. The molecule has 2 heterocycles. The van der Waals surface area contributed by atoms with Crippen LogP contribution < -0.4 is 5.73 Å². The van der Waals surface area contributed by atoms with Crippen LogP contribution in [-0.2, 0) is 0 Å². The van der Waals surface area contributed by atoms with E-state index in [-0.39, 0.29) is 11.9 Å². The molecule has 1 atom stereocenters. The van der Waals surface area contributed by atoms with E-state index in [0.29, 0.717) is 27.4 Å². The number of thiazole rings is 1. The predicted octanol–water partition coefficient (Wildman–Crippen LogP) is 3.78. The molecule has 2 aromatic heterocycles. The summed E-state index contributed by atoms with van der Waals surface area (Å²) in [6.07, 6.45) is 0. The Bertz CT molecular complexity index is 786. The van der Waals surface area contributed by atoms with Gasteiger partial charge in [-0.2, -0.15) is 4.98 Å². The van der Waals surface area contributed by atoms with Gasteiger partial charge in [-0.3, -0.25) is 0 Å². The Hall–Kier alpha value is -1.64. The molecule has 1 unspecified atom stereocenters. The summed E-state index contributed by atoms with van der Waals surface area (Å²) in [4.78, 5) is 8.64. The summed E-state index contributed by atoms with van der Waals surface area (Å²) in [5.41, 5.74) is 7.01. The van der Waals surface area contributed by atoms with E-state index < -0.39 is 0 Å². The molecule has 0 aliphatic carbocycles. The van der Waals surface area contributed by atoms with Gasteiger partial charge in [-0.15, -0.1) is 11.3 Å². The Balaban J connectivity index is 1.95. The van der Waals surface area contributed by atoms with Crippen molar-refractivity contribution >= 4 is 27.3 Å². The summed E-state index contributed by atoms with van der Waals surface area (Å²) >= 11 is 4.72. The lowest BCUT2D eigenvalue weighted by Crippen LogP contribution is -2.03. The first-order valence-corrected chi connectivity index (χ1v) is 7.72. The van der Waals surface area contributed by atoms with E-state index in [1.807, 2.05) is 12.3 Å². The number of nitrogens with two attached hydrogens (primary N) is 1. The lowest BCUT2D eigenvalue weighted by Gasteiger charge is -1.98. The summed E-state index contributed by atoms with van der Waals surface area (Å²) < 4.78 is 18.9. The van der Waals surface area contributed by atoms with E-state index in [4.69, 9.17) is 10.3 Å². The number of hydrogen-bond acceptors (Lipinski definition) is 6. The maximum Gasteiger partial charge on any atom is 0.277 e. The van der Waals surface area contributed by atoms with Crippen LogP contribution in [0.3, 0.4) is 0 Å². The van der Waals surface area contributed by atoms with Crippen molar-refractivity contribution < 1.29 is 8.91 Å². The van der Waals surface area contributed by atoms with Crippen LogP contribution in [-0.4, -0.2) is 15.1 Å². The van der Waals surface area contributed by atoms with Crippen molar-refractivity contribution in [3.05, 3.63) is 38.9 Å². The first-order valence-electron chi connectivity index (χ1n) is 6.05. The highest BCUT2D eigenvalue weighted by Gasteiger charge is 2.16. The van der Waals surface area contributed by atoms with Crippen molar-refractivity contribution in [2.24, 2.45) is 5.73 Å². The standard InChI is InChI=1S/C13H10BrFN4OS/c1-6(16)13-17-10(5-21-13)12-18-11(19-20-12)8-3-2-7(15)4-9(8)14/h2-6H,16H2,1H3. The van der Waals surface area contributed by atoms with E-state index in [0.717, 1.165) is 5.01 Å². The van der Waals surface area contributed by atoms with Gasteiger partial charge in [-0.25, -0.2) is 9.37 Å². The Morgan fingerprint density at radius 3 is 2.86 bits per heavy atom. The fraction of sp³-hybridized carbons (Fsp3) is 0.154. The fourth-order valence-corrected chi connectivity index (χ4v) is 2.98. The van der Waals surface area contributed by atoms with Crippen LogP contribution in [0.15, 0.2) is 32.6 Å². The van der Waals surface area contributed by atoms with Crippen molar-refractivity contribution in [3.63, 3.8) is 0 Å². The van der Waals surface area contributed by atoms with E-state index in [9.17, 15) is 4.39 Å².